The van der Waals surface area contributed by atoms with E-state index in [0.717, 1.165) is 22.7 Å². The van der Waals surface area contributed by atoms with Crippen LogP contribution in [0.5, 0.6) is 5.75 Å². The molecular weight excluding hydrogens is 622 g/mol. The van der Waals surface area contributed by atoms with Gasteiger partial charge in [0.25, 0.3) is 10.0 Å². The summed E-state index contributed by atoms with van der Waals surface area (Å²) in [6.07, 6.45) is 1.90. The van der Waals surface area contributed by atoms with Crippen LogP contribution >= 0.6 is 11.6 Å². The molecule has 0 fully saturated rings. The Balaban J connectivity index is 1.79. The summed E-state index contributed by atoms with van der Waals surface area (Å²) in [5.74, 6) is -0.308. The molecule has 0 saturated heterocycles. The Kier molecular flexibility index (Phi) is 12.6. The van der Waals surface area contributed by atoms with Crippen LogP contribution in [0.3, 0.4) is 0 Å². The number of hydrogen-bond donors (Lipinski definition) is 1. The Morgan fingerprint density at radius 3 is 2.11 bits per heavy atom. The van der Waals surface area contributed by atoms with E-state index in [1.165, 1.54) is 17.0 Å². The van der Waals surface area contributed by atoms with Crippen molar-refractivity contribution in [1.82, 2.24) is 10.2 Å². The topological polar surface area (TPSA) is 96.0 Å². The van der Waals surface area contributed by atoms with Crippen molar-refractivity contribution in [2.24, 2.45) is 0 Å². The van der Waals surface area contributed by atoms with Gasteiger partial charge in [0.1, 0.15) is 18.3 Å². The van der Waals surface area contributed by atoms with E-state index in [1.54, 1.807) is 60.7 Å². The summed E-state index contributed by atoms with van der Waals surface area (Å²) < 4.78 is 34.9. The van der Waals surface area contributed by atoms with E-state index in [9.17, 15) is 18.0 Å². The number of anilines is 1. The molecule has 0 aromatic heterocycles. The van der Waals surface area contributed by atoms with Gasteiger partial charge in [-0.05, 0) is 66.9 Å². The van der Waals surface area contributed by atoms with Crippen molar-refractivity contribution in [2.75, 3.05) is 24.0 Å². The van der Waals surface area contributed by atoms with Gasteiger partial charge in [0.2, 0.25) is 11.8 Å². The second-order valence-electron chi connectivity index (χ2n) is 10.7. The Bertz CT molecular complexity index is 1670. The van der Waals surface area contributed by atoms with Crippen molar-refractivity contribution in [3.8, 4) is 5.75 Å². The molecule has 4 aromatic rings. The highest BCUT2D eigenvalue weighted by molar-refractivity contribution is 7.92. The van der Waals surface area contributed by atoms with Gasteiger partial charge in [-0.25, -0.2) is 8.42 Å². The van der Waals surface area contributed by atoms with Crippen LogP contribution in [0.25, 0.3) is 0 Å². The summed E-state index contributed by atoms with van der Waals surface area (Å²) in [6, 6.07) is 30.1. The lowest BCUT2D eigenvalue weighted by Gasteiger charge is -2.34. The second-order valence-corrected chi connectivity index (χ2v) is 13.0. The molecule has 0 aliphatic rings. The fraction of sp³-hybridized carbons (Fsp3) is 0.278. The minimum absolute atomic E-state index is 0.000291. The number of carbonyl (C=O) groups excluding carboxylic acids is 2. The van der Waals surface area contributed by atoms with Crippen molar-refractivity contribution in [3.63, 3.8) is 0 Å². The van der Waals surface area contributed by atoms with E-state index in [0.29, 0.717) is 29.5 Å². The average molecular weight is 662 g/mol. The first kappa shape index (κ1) is 34.5. The van der Waals surface area contributed by atoms with Gasteiger partial charge >= 0.3 is 0 Å². The Hall–Kier alpha value is -4.34. The minimum Gasteiger partial charge on any atom is -0.494 e. The summed E-state index contributed by atoms with van der Waals surface area (Å²) in [6.45, 7) is 4.24. The molecule has 0 heterocycles. The van der Waals surface area contributed by atoms with Gasteiger partial charge < -0.3 is 15.0 Å². The van der Waals surface area contributed by atoms with Crippen molar-refractivity contribution in [1.29, 1.82) is 0 Å². The number of carbonyl (C=O) groups is 2. The Labute approximate surface area is 277 Å². The highest BCUT2D eigenvalue weighted by atomic mass is 35.5. The van der Waals surface area contributed by atoms with E-state index >= 15 is 0 Å². The average Bonchev–Trinajstić information content (AvgIpc) is 3.07. The van der Waals surface area contributed by atoms with Crippen LogP contribution in [-0.4, -0.2) is 50.9 Å². The first-order valence-electron chi connectivity index (χ1n) is 15.4. The monoisotopic (exact) mass is 661 g/mol. The predicted molar refractivity (Wildman–Crippen MR) is 182 cm³/mol. The fourth-order valence-corrected chi connectivity index (χ4v) is 6.62. The molecule has 4 aromatic carbocycles. The molecule has 0 spiro atoms. The van der Waals surface area contributed by atoms with Gasteiger partial charge in [0.15, 0.2) is 0 Å². The standard InChI is InChI=1S/C36H40ClN3O5S/c1-3-5-24-38-36(42)34(25-28-14-8-6-9-15-28)39(26-29-16-12-13-19-33(29)37)35(41)27-40(30-20-22-31(23-21-30)45-4-2)46(43,44)32-17-10-7-11-18-32/h6-23,34H,3-5,24-27H2,1-2H3,(H,38,42)/t34-/m1/s1. The van der Waals surface area contributed by atoms with Crippen LogP contribution in [-0.2, 0) is 32.6 Å². The molecule has 0 unspecified atom stereocenters. The number of halogens is 1. The summed E-state index contributed by atoms with van der Waals surface area (Å²) in [5.41, 5.74) is 1.77. The van der Waals surface area contributed by atoms with Gasteiger partial charge in [0.05, 0.1) is 17.2 Å². The highest BCUT2D eigenvalue weighted by Gasteiger charge is 2.34. The molecule has 1 atom stereocenters. The van der Waals surface area contributed by atoms with E-state index in [2.05, 4.69) is 5.32 Å². The molecule has 46 heavy (non-hydrogen) atoms. The molecule has 0 radical (unpaired) electrons. The van der Waals surface area contributed by atoms with Crippen molar-refractivity contribution in [2.45, 2.75) is 50.6 Å². The molecule has 1 N–H and O–H groups in total. The van der Waals surface area contributed by atoms with Crippen LogP contribution in [0.4, 0.5) is 5.69 Å². The number of sulfonamides is 1. The van der Waals surface area contributed by atoms with E-state index in [-0.39, 0.29) is 29.5 Å². The van der Waals surface area contributed by atoms with E-state index in [1.807, 2.05) is 50.2 Å². The van der Waals surface area contributed by atoms with Crippen molar-refractivity contribution >= 4 is 39.1 Å². The number of ether oxygens (including phenoxy) is 1. The maximum atomic E-state index is 14.5. The van der Waals surface area contributed by atoms with E-state index < -0.39 is 28.5 Å². The molecule has 8 nitrogen and oxygen atoms in total. The lowest BCUT2D eigenvalue weighted by molar-refractivity contribution is -0.140. The smallest absolute Gasteiger partial charge is 0.264 e. The molecule has 242 valence electrons. The molecule has 10 heteroatoms. The van der Waals surface area contributed by atoms with Crippen LogP contribution in [0.15, 0.2) is 114 Å². The predicted octanol–water partition coefficient (Wildman–Crippen LogP) is 6.49. The van der Waals surface area contributed by atoms with Crippen LogP contribution in [0, 0.1) is 0 Å². The molecule has 0 saturated carbocycles. The SMILES string of the molecule is CCCCNC(=O)[C@@H](Cc1ccccc1)N(Cc1ccccc1Cl)C(=O)CN(c1ccc(OCC)cc1)S(=O)(=O)c1ccccc1. The quantitative estimate of drug-likeness (QED) is 0.139. The van der Waals surface area contributed by atoms with Gasteiger partial charge in [-0.3, -0.25) is 13.9 Å². The summed E-state index contributed by atoms with van der Waals surface area (Å²) in [4.78, 5) is 29.8. The van der Waals surface area contributed by atoms with Crippen molar-refractivity contribution in [3.05, 3.63) is 125 Å². The maximum absolute atomic E-state index is 14.5. The van der Waals surface area contributed by atoms with Crippen LogP contribution < -0.4 is 14.4 Å². The molecular formula is C36H40ClN3O5S. The summed E-state index contributed by atoms with van der Waals surface area (Å²) >= 11 is 6.56. The van der Waals surface area contributed by atoms with Crippen LogP contribution in [0.1, 0.15) is 37.8 Å². The molecule has 0 aliphatic carbocycles. The zero-order valence-corrected chi connectivity index (χ0v) is 27.7. The summed E-state index contributed by atoms with van der Waals surface area (Å²) in [5, 5.41) is 3.42. The zero-order chi connectivity index (χ0) is 32.9. The number of nitrogens with zero attached hydrogens (tertiary/aromatic N) is 2. The second kappa shape index (κ2) is 16.8. The van der Waals surface area contributed by atoms with Crippen molar-refractivity contribution < 1.29 is 22.7 Å². The molecule has 0 aliphatic heterocycles. The Morgan fingerprint density at radius 2 is 1.48 bits per heavy atom. The third-order valence-corrected chi connectivity index (χ3v) is 9.60. The number of hydrogen-bond acceptors (Lipinski definition) is 5. The minimum atomic E-state index is -4.19. The third kappa shape index (κ3) is 9.11. The number of nitrogens with one attached hydrogen (secondary N) is 1. The largest absolute Gasteiger partial charge is 0.494 e. The first-order chi connectivity index (χ1) is 22.2. The zero-order valence-electron chi connectivity index (χ0n) is 26.1. The fourth-order valence-electron chi connectivity index (χ4n) is 4.99. The molecule has 4 rings (SSSR count). The number of amides is 2. The lowest BCUT2D eigenvalue weighted by Crippen LogP contribution is -2.53. The van der Waals surface area contributed by atoms with Gasteiger partial charge in [-0.15, -0.1) is 0 Å². The van der Waals surface area contributed by atoms with Crippen LogP contribution in [0.2, 0.25) is 5.02 Å². The molecule has 0 bridgehead atoms. The normalized spacial score (nSPS) is 11.8. The maximum Gasteiger partial charge on any atom is 0.264 e. The number of unbranched alkanes of at least 4 members (excludes halogenated alkanes) is 1. The van der Waals surface area contributed by atoms with Gasteiger partial charge in [0, 0.05) is 24.5 Å². The van der Waals surface area contributed by atoms with Gasteiger partial charge in [-0.1, -0.05) is 91.7 Å². The number of rotatable bonds is 16. The molecule has 2 amide bonds. The Morgan fingerprint density at radius 1 is 0.848 bits per heavy atom. The lowest BCUT2D eigenvalue weighted by atomic mass is 10.0. The van der Waals surface area contributed by atoms with Gasteiger partial charge in [-0.2, -0.15) is 0 Å². The van der Waals surface area contributed by atoms with E-state index in [4.69, 9.17) is 16.3 Å². The first-order valence-corrected chi connectivity index (χ1v) is 17.2. The third-order valence-electron chi connectivity index (χ3n) is 7.44. The number of benzene rings is 4. The summed E-state index contributed by atoms with van der Waals surface area (Å²) in [7, 11) is -4.19. The highest BCUT2D eigenvalue weighted by Crippen LogP contribution is 2.27.